The molecule has 0 saturated heterocycles. The van der Waals surface area contributed by atoms with Crippen LogP contribution in [-0.2, 0) is 20.9 Å². The first kappa shape index (κ1) is 34.3. The second kappa shape index (κ2) is 21.1. The second-order valence-corrected chi connectivity index (χ2v) is 11.2. The minimum absolute atomic E-state index is 0.202. The third-order valence-electron chi connectivity index (χ3n) is 6.24. The molecule has 3 N–H and O–H groups in total. The van der Waals surface area contributed by atoms with Gasteiger partial charge in [-0.3, -0.25) is 4.79 Å². The number of unbranched alkanes of at least 4 members (excludes halogenated alkanes) is 10. The van der Waals surface area contributed by atoms with Crippen molar-refractivity contribution in [2.75, 3.05) is 13.1 Å². The molecule has 0 aliphatic carbocycles. The lowest BCUT2D eigenvalue weighted by Crippen LogP contribution is -2.48. The van der Waals surface area contributed by atoms with Crippen molar-refractivity contribution in [1.29, 1.82) is 0 Å². The molecule has 0 aromatic heterocycles. The van der Waals surface area contributed by atoms with E-state index in [9.17, 15) is 14.4 Å². The zero-order valence-corrected chi connectivity index (χ0v) is 24.8. The van der Waals surface area contributed by atoms with Crippen molar-refractivity contribution in [2.24, 2.45) is 0 Å². The molecular weight excluding hydrogens is 494 g/mol. The molecule has 3 amide bonds. The molecule has 8 heteroatoms. The van der Waals surface area contributed by atoms with Gasteiger partial charge < -0.3 is 25.4 Å². The molecule has 0 aliphatic rings. The average Bonchev–Trinajstić information content (AvgIpc) is 2.89. The van der Waals surface area contributed by atoms with E-state index in [1.165, 1.54) is 51.4 Å². The molecule has 1 atom stereocenters. The lowest BCUT2D eigenvalue weighted by atomic mass is 10.1. The van der Waals surface area contributed by atoms with Crippen LogP contribution < -0.4 is 16.0 Å². The number of hydrogen-bond acceptors (Lipinski definition) is 5. The van der Waals surface area contributed by atoms with Crippen LogP contribution in [-0.4, -0.2) is 42.8 Å². The number of carbonyl (C=O) groups excluding carboxylic acids is 3. The fraction of sp³-hybridized carbons (Fsp3) is 0.710. The van der Waals surface area contributed by atoms with Crippen molar-refractivity contribution >= 4 is 18.1 Å². The molecule has 222 valence electrons. The van der Waals surface area contributed by atoms with Gasteiger partial charge in [0.15, 0.2) is 0 Å². The Hall–Kier alpha value is -2.77. The predicted octanol–water partition coefficient (Wildman–Crippen LogP) is 7.01. The summed E-state index contributed by atoms with van der Waals surface area (Å²) in [6, 6.07) is 8.80. The zero-order chi connectivity index (χ0) is 28.8. The third kappa shape index (κ3) is 19.9. The fourth-order valence-corrected chi connectivity index (χ4v) is 4.10. The largest absolute Gasteiger partial charge is 0.445 e. The van der Waals surface area contributed by atoms with Crippen LogP contribution in [0.15, 0.2) is 30.3 Å². The number of amides is 3. The van der Waals surface area contributed by atoms with Gasteiger partial charge in [0.25, 0.3) is 0 Å². The van der Waals surface area contributed by atoms with Crippen molar-refractivity contribution in [3.63, 3.8) is 0 Å². The van der Waals surface area contributed by atoms with E-state index in [1.807, 2.05) is 30.3 Å². The van der Waals surface area contributed by atoms with E-state index in [4.69, 9.17) is 9.47 Å². The van der Waals surface area contributed by atoms with Crippen molar-refractivity contribution in [3.05, 3.63) is 35.9 Å². The van der Waals surface area contributed by atoms with Gasteiger partial charge in [0.05, 0.1) is 0 Å². The molecule has 0 saturated carbocycles. The number of ether oxygens (including phenoxy) is 2. The van der Waals surface area contributed by atoms with Crippen LogP contribution in [0.25, 0.3) is 0 Å². The average molecular weight is 548 g/mol. The van der Waals surface area contributed by atoms with Gasteiger partial charge >= 0.3 is 12.2 Å². The Morgan fingerprint density at radius 2 is 1.31 bits per heavy atom. The van der Waals surface area contributed by atoms with Gasteiger partial charge in [-0.05, 0) is 52.0 Å². The Balaban J connectivity index is 2.30. The number of alkyl carbamates (subject to hydrolysis) is 2. The predicted molar refractivity (Wildman–Crippen MR) is 156 cm³/mol. The Morgan fingerprint density at radius 3 is 1.92 bits per heavy atom. The monoisotopic (exact) mass is 547 g/mol. The zero-order valence-electron chi connectivity index (χ0n) is 24.8. The second-order valence-electron chi connectivity index (χ2n) is 11.2. The molecule has 0 heterocycles. The first-order valence-electron chi connectivity index (χ1n) is 14.9. The lowest BCUT2D eigenvalue weighted by molar-refractivity contribution is -0.123. The summed E-state index contributed by atoms with van der Waals surface area (Å²) in [4.78, 5) is 37.1. The molecule has 1 rings (SSSR count). The SMILES string of the molecule is CCCCCCCCCCCCNC(=O)C(CCCCNC(=O)OCc1ccccc1)NC(=O)OC(C)(C)C. The molecule has 0 aliphatic heterocycles. The van der Waals surface area contributed by atoms with Crippen LogP contribution in [0.3, 0.4) is 0 Å². The summed E-state index contributed by atoms with van der Waals surface area (Å²) in [5, 5.41) is 8.41. The summed E-state index contributed by atoms with van der Waals surface area (Å²) in [6.07, 6.45) is 13.0. The summed E-state index contributed by atoms with van der Waals surface area (Å²) < 4.78 is 10.6. The van der Waals surface area contributed by atoms with E-state index in [0.29, 0.717) is 32.4 Å². The van der Waals surface area contributed by atoms with Crippen LogP contribution >= 0.6 is 0 Å². The number of nitrogens with one attached hydrogen (secondary N) is 3. The molecule has 8 nitrogen and oxygen atoms in total. The Labute approximate surface area is 236 Å². The van der Waals surface area contributed by atoms with Crippen LogP contribution in [0.5, 0.6) is 0 Å². The number of benzene rings is 1. The number of carbonyl (C=O) groups is 3. The van der Waals surface area contributed by atoms with Crippen LogP contribution in [0, 0.1) is 0 Å². The Morgan fingerprint density at radius 1 is 0.744 bits per heavy atom. The maximum atomic E-state index is 12.8. The minimum atomic E-state index is -0.687. The van der Waals surface area contributed by atoms with Crippen molar-refractivity contribution in [1.82, 2.24) is 16.0 Å². The molecule has 1 aromatic rings. The molecule has 1 aromatic carbocycles. The Bertz CT molecular complexity index is 795. The van der Waals surface area contributed by atoms with E-state index in [1.54, 1.807) is 20.8 Å². The van der Waals surface area contributed by atoms with Crippen LogP contribution in [0.4, 0.5) is 9.59 Å². The van der Waals surface area contributed by atoms with Gasteiger partial charge in [0.2, 0.25) is 5.91 Å². The van der Waals surface area contributed by atoms with Crippen molar-refractivity contribution < 1.29 is 23.9 Å². The highest BCUT2D eigenvalue weighted by atomic mass is 16.6. The maximum absolute atomic E-state index is 12.8. The van der Waals surface area contributed by atoms with Gasteiger partial charge in [0, 0.05) is 13.1 Å². The molecule has 0 bridgehead atoms. The van der Waals surface area contributed by atoms with Gasteiger partial charge in [-0.2, -0.15) is 0 Å². The fourth-order valence-electron chi connectivity index (χ4n) is 4.10. The molecule has 1 unspecified atom stereocenters. The van der Waals surface area contributed by atoms with Crippen LogP contribution in [0.1, 0.15) is 117 Å². The molecule has 0 radical (unpaired) electrons. The summed E-state index contributed by atoms with van der Waals surface area (Å²) in [6.45, 7) is 8.83. The molecular formula is C31H53N3O5. The highest BCUT2D eigenvalue weighted by Crippen LogP contribution is 2.11. The topological polar surface area (TPSA) is 106 Å². The third-order valence-corrected chi connectivity index (χ3v) is 6.24. The Kier molecular flexibility index (Phi) is 18.5. The molecule has 0 spiro atoms. The van der Waals surface area contributed by atoms with Crippen molar-refractivity contribution in [2.45, 2.75) is 129 Å². The van der Waals surface area contributed by atoms with Gasteiger partial charge in [0.1, 0.15) is 18.2 Å². The number of rotatable bonds is 20. The summed E-state index contributed by atoms with van der Waals surface area (Å²) in [5.41, 5.74) is 0.276. The van der Waals surface area contributed by atoms with Gasteiger partial charge in [-0.15, -0.1) is 0 Å². The first-order chi connectivity index (χ1) is 18.7. The smallest absolute Gasteiger partial charge is 0.408 e. The van der Waals surface area contributed by atoms with E-state index >= 15 is 0 Å². The van der Waals surface area contributed by atoms with Crippen molar-refractivity contribution in [3.8, 4) is 0 Å². The minimum Gasteiger partial charge on any atom is -0.445 e. The van der Waals surface area contributed by atoms with E-state index in [0.717, 1.165) is 18.4 Å². The summed E-state index contributed by atoms with van der Waals surface area (Å²) >= 11 is 0. The summed E-state index contributed by atoms with van der Waals surface area (Å²) in [7, 11) is 0. The lowest BCUT2D eigenvalue weighted by Gasteiger charge is -2.23. The summed E-state index contributed by atoms with van der Waals surface area (Å²) in [5.74, 6) is -0.202. The van der Waals surface area contributed by atoms with Crippen LogP contribution in [0.2, 0.25) is 0 Å². The van der Waals surface area contributed by atoms with Gasteiger partial charge in [-0.1, -0.05) is 95.0 Å². The molecule has 0 fully saturated rings. The van der Waals surface area contributed by atoms with E-state index in [-0.39, 0.29) is 12.5 Å². The molecule has 39 heavy (non-hydrogen) atoms. The van der Waals surface area contributed by atoms with E-state index < -0.39 is 23.8 Å². The standard InChI is InChI=1S/C31H53N3O5/c1-5-6-7-8-9-10-11-12-13-18-23-32-28(35)27(34-30(37)39-31(2,3)4)22-17-19-24-33-29(36)38-25-26-20-15-14-16-21-26/h14-16,20-21,27H,5-13,17-19,22-25H2,1-4H3,(H,32,35)(H,33,36)(H,34,37). The number of hydrogen-bond donors (Lipinski definition) is 3. The normalized spacial score (nSPS) is 11.9. The first-order valence-corrected chi connectivity index (χ1v) is 14.9. The maximum Gasteiger partial charge on any atom is 0.408 e. The van der Waals surface area contributed by atoms with Gasteiger partial charge in [-0.25, -0.2) is 9.59 Å². The highest BCUT2D eigenvalue weighted by molar-refractivity contribution is 5.85. The van der Waals surface area contributed by atoms with E-state index in [2.05, 4.69) is 22.9 Å². The quantitative estimate of drug-likeness (QED) is 0.152. The highest BCUT2D eigenvalue weighted by Gasteiger charge is 2.23.